The van der Waals surface area contributed by atoms with E-state index in [4.69, 9.17) is 4.42 Å². The Morgan fingerprint density at radius 2 is 1.91 bits per heavy atom. The molecule has 0 aliphatic rings. The molecule has 7 heteroatoms. The standard InChI is InChI=1S/C25H24N4O2S/c1-3-14-29-24(21-13-15-31-18(21)2)27-28-25(29)32-17-23(30)26-22-12-8-7-11-20(22)16-19-9-5-4-6-10-19/h3-13,15H,1,14,16-17H2,2H3,(H,26,30). The number of para-hydroxylation sites is 1. The molecule has 0 atom stereocenters. The molecule has 1 N–H and O–H groups in total. The highest BCUT2D eigenvalue weighted by Crippen LogP contribution is 2.27. The first-order chi connectivity index (χ1) is 15.7. The summed E-state index contributed by atoms with van der Waals surface area (Å²) in [5.74, 6) is 1.60. The zero-order valence-electron chi connectivity index (χ0n) is 17.8. The molecule has 4 rings (SSSR count). The largest absolute Gasteiger partial charge is 0.469 e. The third kappa shape index (κ3) is 5.00. The zero-order chi connectivity index (χ0) is 22.3. The van der Waals surface area contributed by atoms with Crippen LogP contribution in [0.15, 0.2) is 89.2 Å². The van der Waals surface area contributed by atoms with E-state index in [0.29, 0.717) is 17.5 Å². The van der Waals surface area contributed by atoms with E-state index < -0.39 is 0 Å². The average Bonchev–Trinajstić information content (AvgIpc) is 3.40. The Balaban J connectivity index is 1.45. The van der Waals surface area contributed by atoms with Gasteiger partial charge in [-0.05, 0) is 36.6 Å². The number of nitrogens with zero attached hydrogens (tertiary/aromatic N) is 3. The fourth-order valence-corrected chi connectivity index (χ4v) is 4.18. The summed E-state index contributed by atoms with van der Waals surface area (Å²) in [7, 11) is 0. The summed E-state index contributed by atoms with van der Waals surface area (Å²) in [6.07, 6.45) is 4.17. The first-order valence-corrected chi connectivity index (χ1v) is 11.3. The van der Waals surface area contributed by atoms with E-state index in [9.17, 15) is 4.79 Å². The minimum Gasteiger partial charge on any atom is -0.469 e. The fourth-order valence-electron chi connectivity index (χ4n) is 3.43. The van der Waals surface area contributed by atoms with Gasteiger partial charge in [0.15, 0.2) is 11.0 Å². The molecule has 0 aliphatic heterocycles. The first kappa shape index (κ1) is 21.6. The van der Waals surface area contributed by atoms with Crippen molar-refractivity contribution >= 4 is 23.4 Å². The number of rotatable bonds is 9. The van der Waals surface area contributed by atoms with Gasteiger partial charge in [-0.1, -0.05) is 66.4 Å². The second-order valence-electron chi connectivity index (χ2n) is 7.25. The van der Waals surface area contributed by atoms with E-state index in [2.05, 4.69) is 34.2 Å². The van der Waals surface area contributed by atoms with Crippen LogP contribution in [-0.4, -0.2) is 26.4 Å². The molecule has 2 aromatic carbocycles. The number of aromatic nitrogens is 3. The number of carbonyl (C=O) groups excluding carboxylic acids is 1. The van der Waals surface area contributed by atoms with Crippen molar-refractivity contribution in [1.82, 2.24) is 14.8 Å². The van der Waals surface area contributed by atoms with Crippen molar-refractivity contribution in [2.75, 3.05) is 11.1 Å². The lowest BCUT2D eigenvalue weighted by Crippen LogP contribution is -2.16. The molecule has 0 radical (unpaired) electrons. The molecule has 0 aliphatic carbocycles. The minimum absolute atomic E-state index is 0.0929. The normalized spacial score (nSPS) is 10.8. The van der Waals surface area contributed by atoms with Gasteiger partial charge in [0.25, 0.3) is 0 Å². The van der Waals surface area contributed by atoms with Gasteiger partial charge < -0.3 is 9.73 Å². The lowest BCUT2D eigenvalue weighted by atomic mass is 10.0. The topological polar surface area (TPSA) is 73.0 Å². The first-order valence-electron chi connectivity index (χ1n) is 10.3. The Bertz CT molecular complexity index is 1210. The summed E-state index contributed by atoms with van der Waals surface area (Å²) in [5, 5.41) is 12.3. The molecule has 0 fully saturated rings. The highest BCUT2D eigenvalue weighted by molar-refractivity contribution is 7.99. The molecule has 0 saturated heterocycles. The maximum atomic E-state index is 12.7. The number of amides is 1. The zero-order valence-corrected chi connectivity index (χ0v) is 18.6. The maximum Gasteiger partial charge on any atom is 0.234 e. The summed E-state index contributed by atoms with van der Waals surface area (Å²) >= 11 is 1.35. The molecule has 6 nitrogen and oxygen atoms in total. The smallest absolute Gasteiger partial charge is 0.234 e. The van der Waals surface area contributed by atoms with Crippen LogP contribution in [0.4, 0.5) is 5.69 Å². The predicted molar refractivity (Wildman–Crippen MR) is 128 cm³/mol. The molecule has 162 valence electrons. The molecule has 4 aromatic rings. The van der Waals surface area contributed by atoms with Crippen molar-refractivity contribution in [3.63, 3.8) is 0 Å². The van der Waals surface area contributed by atoms with Crippen molar-refractivity contribution in [2.45, 2.75) is 25.0 Å². The van der Waals surface area contributed by atoms with Crippen LogP contribution in [0.2, 0.25) is 0 Å². The quantitative estimate of drug-likeness (QED) is 0.278. The van der Waals surface area contributed by atoms with Gasteiger partial charge in [-0.3, -0.25) is 9.36 Å². The van der Waals surface area contributed by atoms with Crippen LogP contribution >= 0.6 is 11.8 Å². The Labute approximate surface area is 191 Å². The van der Waals surface area contributed by atoms with Crippen molar-refractivity contribution in [3.05, 3.63) is 96.5 Å². The number of benzene rings is 2. The molecule has 32 heavy (non-hydrogen) atoms. The van der Waals surface area contributed by atoms with E-state index >= 15 is 0 Å². The van der Waals surface area contributed by atoms with Crippen LogP contribution in [0, 0.1) is 6.92 Å². The Morgan fingerprint density at radius 3 is 2.66 bits per heavy atom. The van der Waals surface area contributed by atoms with Crippen LogP contribution in [0.1, 0.15) is 16.9 Å². The Hall–Kier alpha value is -3.58. The third-order valence-electron chi connectivity index (χ3n) is 4.99. The van der Waals surface area contributed by atoms with Gasteiger partial charge in [-0.25, -0.2) is 0 Å². The van der Waals surface area contributed by atoms with E-state index in [1.165, 1.54) is 17.3 Å². The van der Waals surface area contributed by atoms with Crippen molar-refractivity contribution < 1.29 is 9.21 Å². The second kappa shape index (κ2) is 10.2. The van der Waals surface area contributed by atoms with Gasteiger partial charge in [-0.15, -0.1) is 16.8 Å². The van der Waals surface area contributed by atoms with Crippen LogP contribution in [0.3, 0.4) is 0 Å². The number of furan rings is 1. The van der Waals surface area contributed by atoms with E-state index in [0.717, 1.165) is 29.0 Å². The number of allylic oxidation sites excluding steroid dienone is 1. The number of anilines is 1. The molecule has 0 unspecified atom stereocenters. The molecule has 0 bridgehead atoms. The molecule has 1 amide bonds. The van der Waals surface area contributed by atoms with Crippen LogP contribution < -0.4 is 5.32 Å². The molecular formula is C25H24N4O2S. The van der Waals surface area contributed by atoms with Gasteiger partial charge in [-0.2, -0.15) is 0 Å². The maximum absolute atomic E-state index is 12.7. The monoisotopic (exact) mass is 444 g/mol. The number of hydrogen-bond donors (Lipinski definition) is 1. The predicted octanol–water partition coefficient (Wildman–Crippen LogP) is 5.35. The van der Waals surface area contributed by atoms with Gasteiger partial charge in [0.1, 0.15) is 5.76 Å². The van der Waals surface area contributed by atoms with E-state index in [1.807, 2.05) is 60.0 Å². The average molecular weight is 445 g/mol. The lowest BCUT2D eigenvalue weighted by Gasteiger charge is -2.11. The van der Waals surface area contributed by atoms with Crippen molar-refractivity contribution in [2.24, 2.45) is 0 Å². The summed E-state index contributed by atoms with van der Waals surface area (Å²) in [6, 6.07) is 20.0. The Morgan fingerprint density at radius 1 is 1.12 bits per heavy atom. The molecule has 0 saturated carbocycles. The fraction of sp³-hybridized carbons (Fsp3) is 0.160. The minimum atomic E-state index is -0.0929. The van der Waals surface area contributed by atoms with Gasteiger partial charge in [0, 0.05) is 12.2 Å². The molecular weight excluding hydrogens is 420 g/mol. The summed E-state index contributed by atoms with van der Waals surface area (Å²) < 4.78 is 7.34. The molecule has 2 heterocycles. The molecule has 0 spiro atoms. The van der Waals surface area contributed by atoms with E-state index in [1.54, 1.807) is 12.3 Å². The summed E-state index contributed by atoms with van der Waals surface area (Å²) in [6.45, 7) is 6.25. The van der Waals surface area contributed by atoms with Crippen molar-refractivity contribution in [1.29, 1.82) is 0 Å². The third-order valence-corrected chi connectivity index (χ3v) is 5.96. The summed E-state index contributed by atoms with van der Waals surface area (Å²) in [5.41, 5.74) is 3.97. The number of carbonyl (C=O) groups is 1. The Kier molecular flexibility index (Phi) is 6.87. The van der Waals surface area contributed by atoms with Crippen LogP contribution in [0.25, 0.3) is 11.4 Å². The SMILES string of the molecule is C=CCn1c(SCC(=O)Nc2ccccc2Cc2ccccc2)nnc1-c1ccoc1C. The van der Waals surface area contributed by atoms with Gasteiger partial charge in [0.05, 0.1) is 17.6 Å². The second-order valence-corrected chi connectivity index (χ2v) is 8.19. The number of aryl methyl sites for hydroxylation is 1. The van der Waals surface area contributed by atoms with Gasteiger partial charge in [0.2, 0.25) is 5.91 Å². The van der Waals surface area contributed by atoms with Crippen molar-refractivity contribution in [3.8, 4) is 11.4 Å². The molecule has 2 aromatic heterocycles. The van der Waals surface area contributed by atoms with Crippen LogP contribution in [-0.2, 0) is 17.8 Å². The van der Waals surface area contributed by atoms with Gasteiger partial charge >= 0.3 is 0 Å². The van der Waals surface area contributed by atoms with Crippen LogP contribution in [0.5, 0.6) is 0 Å². The number of thioether (sulfide) groups is 1. The highest BCUT2D eigenvalue weighted by atomic mass is 32.2. The highest BCUT2D eigenvalue weighted by Gasteiger charge is 2.18. The summed E-state index contributed by atoms with van der Waals surface area (Å²) in [4.78, 5) is 12.7. The lowest BCUT2D eigenvalue weighted by molar-refractivity contribution is -0.113. The number of nitrogens with one attached hydrogen (secondary N) is 1. The number of hydrogen-bond acceptors (Lipinski definition) is 5. The van der Waals surface area contributed by atoms with E-state index in [-0.39, 0.29) is 11.7 Å².